The van der Waals surface area contributed by atoms with Gasteiger partial charge in [-0.05, 0) is 41.1 Å². The van der Waals surface area contributed by atoms with Crippen molar-refractivity contribution < 1.29 is 4.79 Å². The number of rotatable bonds is 1. The van der Waals surface area contributed by atoms with Crippen LogP contribution in [0, 0.1) is 0 Å². The highest BCUT2D eigenvalue weighted by atomic mass is 32.1. The Morgan fingerprint density at radius 1 is 1.50 bits per heavy atom. The molecule has 1 fully saturated rings. The lowest BCUT2D eigenvalue weighted by molar-refractivity contribution is -0.120. The molecule has 1 atom stereocenters. The molecule has 0 radical (unpaired) electrons. The number of ketones is 1. The number of carbonyl (C=O) groups excluding carboxylic acids is 1. The minimum absolute atomic E-state index is 0.442. The molecular formula is C10H12OS. The summed E-state index contributed by atoms with van der Waals surface area (Å²) in [6.07, 6.45) is 3.86. The van der Waals surface area contributed by atoms with Crippen LogP contribution in [0.2, 0.25) is 0 Å². The van der Waals surface area contributed by atoms with E-state index in [-0.39, 0.29) is 0 Å². The first kappa shape index (κ1) is 7.99. The summed E-state index contributed by atoms with van der Waals surface area (Å²) < 4.78 is 0. The van der Waals surface area contributed by atoms with Crippen LogP contribution in [0.3, 0.4) is 0 Å². The first-order valence-corrected chi connectivity index (χ1v) is 5.34. The molecule has 0 saturated heterocycles. The van der Waals surface area contributed by atoms with Crippen LogP contribution < -0.4 is 0 Å². The van der Waals surface area contributed by atoms with Crippen molar-refractivity contribution in [2.24, 2.45) is 0 Å². The van der Waals surface area contributed by atoms with Crippen LogP contribution in [0.4, 0.5) is 0 Å². The van der Waals surface area contributed by atoms with Crippen molar-refractivity contribution >= 4 is 17.1 Å². The number of hydrogen-bond donors (Lipinski definition) is 0. The Morgan fingerprint density at radius 3 is 3.08 bits per heavy atom. The second-order valence-electron chi connectivity index (χ2n) is 3.39. The monoisotopic (exact) mass is 180 g/mol. The van der Waals surface area contributed by atoms with Gasteiger partial charge in [0, 0.05) is 12.8 Å². The van der Waals surface area contributed by atoms with E-state index in [1.54, 1.807) is 11.3 Å². The molecule has 0 N–H and O–H groups in total. The maximum absolute atomic E-state index is 11.2. The molecule has 12 heavy (non-hydrogen) atoms. The Balaban J connectivity index is 2.09. The second-order valence-corrected chi connectivity index (χ2v) is 4.17. The van der Waals surface area contributed by atoms with Gasteiger partial charge in [0.2, 0.25) is 0 Å². The van der Waals surface area contributed by atoms with Gasteiger partial charge in [0.1, 0.15) is 5.78 Å². The van der Waals surface area contributed by atoms with Crippen molar-refractivity contribution in [3.05, 3.63) is 22.4 Å². The second kappa shape index (κ2) is 3.40. The van der Waals surface area contributed by atoms with Crippen molar-refractivity contribution in [2.45, 2.75) is 31.6 Å². The summed E-state index contributed by atoms with van der Waals surface area (Å²) in [6, 6.07) is 2.15. The standard InChI is InChI=1S/C10H12OS/c11-10-3-1-2-8(6-10)9-4-5-12-7-9/h4-5,7-8H,1-3,6H2/t8-/m1/s1. The summed E-state index contributed by atoms with van der Waals surface area (Å²) >= 11 is 1.72. The molecule has 1 aliphatic rings. The molecule has 1 aromatic heterocycles. The molecule has 64 valence electrons. The predicted octanol–water partition coefficient (Wildman–Crippen LogP) is 2.97. The van der Waals surface area contributed by atoms with E-state index in [4.69, 9.17) is 0 Å². The normalized spacial score (nSPS) is 24.3. The van der Waals surface area contributed by atoms with E-state index in [0.29, 0.717) is 11.7 Å². The van der Waals surface area contributed by atoms with Gasteiger partial charge in [-0.1, -0.05) is 0 Å². The highest BCUT2D eigenvalue weighted by Crippen LogP contribution is 2.31. The van der Waals surface area contributed by atoms with Gasteiger partial charge >= 0.3 is 0 Å². The largest absolute Gasteiger partial charge is 0.300 e. The zero-order valence-electron chi connectivity index (χ0n) is 6.95. The molecule has 1 aliphatic carbocycles. The van der Waals surface area contributed by atoms with Crippen LogP contribution in [-0.2, 0) is 4.79 Å². The summed E-state index contributed by atoms with van der Waals surface area (Å²) in [5.41, 5.74) is 1.37. The first-order valence-electron chi connectivity index (χ1n) is 4.40. The Morgan fingerprint density at radius 2 is 2.42 bits per heavy atom. The molecular weight excluding hydrogens is 168 g/mol. The molecule has 1 nitrogen and oxygen atoms in total. The summed E-state index contributed by atoms with van der Waals surface area (Å²) in [7, 11) is 0. The van der Waals surface area contributed by atoms with E-state index in [0.717, 1.165) is 19.3 Å². The average Bonchev–Trinajstić information content (AvgIpc) is 2.56. The number of hydrogen-bond acceptors (Lipinski definition) is 2. The van der Waals surface area contributed by atoms with Gasteiger partial charge in [-0.25, -0.2) is 0 Å². The highest BCUT2D eigenvalue weighted by molar-refractivity contribution is 7.07. The third-order valence-electron chi connectivity index (χ3n) is 2.50. The van der Waals surface area contributed by atoms with Crippen LogP contribution in [0.5, 0.6) is 0 Å². The molecule has 0 aliphatic heterocycles. The minimum Gasteiger partial charge on any atom is -0.300 e. The van der Waals surface area contributed by atoms with Gasteiger partial charge in [0.15, 0.2) is 0 Å². The van der Waals surface area contributed by atoms with Crippen molar-refractivity contribution in [3.63, 3.8) is 0 Å². The average molecular weight is 180 g/mol. The van der Waals surface area contributed by atoms with Crippen molar-refractivity contribution in [1.82, 2.24) is 0 Å². The minimum atomic E-state index is 0.442. The number of carbonyl (C=O) groups is 1. The van der Waals surface area contributed by atoms with Crippen molar-refractivity contribution in [1.29, 1.82) is 0 Å². The predicted molar refractivity (Wildman–Crippen MR) is 50.5 cm³/mol. The van der Waals surface area contributed by atoms with E-state index >= 15 is 0 Å². The van der Waals surface area contributed by atoms with Crippen LogP contribution in [0.15, 0.2) is 16.8 Å². The Kier molecular flexibility index (Phi) is 2.26. The van der Waals surface area contributed by atoms with Crippen molar-refractivity contribution in [2.75, 3.05) is 0 Å². The summed E-state index contributed by atoms with van der Waals surface area (Å²) in [5.74, 6) is 0.968. The van der Waals surface area contributed by atoms with Crippen LogP contribution in [-0.4, -0.2) is 5.78 Å². The van der Waals surface area contributed by atoms with Gasteiger partial charge in [-0.2, -0.15) is 11.3 Å². The lowest BCUT2D eigenvalue weighted by Crippen LogP contribution is -2.12. The quantitative estimate of drug-likeness (QED) is 0.649. The highest BCUT2D eigenvalue weighted by Gasteiger charge is 2.20. The Hall–Kier alpha value is -0.630. The molecule has 0 aromatic carbocycles. The number of thiophene rings is 1. The van der Waals surface area contributed by atoms with Crippen molar-refractivity contribution in [3.8, 4) is 0 Å². The Labute approximate surface area is 76.4 Å². The van der Waals surface area contributed by atoms with Gasteiger partial charge in [0.25, 0.3) is 0 Å². The molecule has 0 amide bonds. The molecule has 1 saturated carbocycles. The lowest BCUT2D eigenvalue weighted by atomic mass is 9.85. The molecule has 1 heterocycles. The van der Waals surface area contributed by atoms with E-state index in [2.05, 4.69) is 16.8 Å². The zero-order valence-corrected chi connectivity index (χ0v) is 7.77. The molecule has 0 unspecified atom stereocenters. The van der Waals surface area contributed by atoms with Gasteiger partial charge in [-0.15, -0.1) is 0 Å². The van der Waals surface area contributed by atoms with Crippen LogP contribution in [0.1, 0.15) is 37.2 Å². The van der Waals surface area contributed by atoms with E-state index in [1.165, 1.54) is 12.0 Å². The third-order valence-corrected chi connectivity index (χ3v) is 3.20. The molecule has 2 rings (SSSR count). The summed E-state index contributed by atoms with van der Waals surface area (Å²) in [6.45, 7) is 0. The lowest BCUT2D eigenvalue weighted by Gasteiger charge is -2.19. The first-order chi connectivity index (χ1) is 5.86. The molecule has 1 aromatic rings. The fourth-order valence-electron chi connectivity index (χ4n) is 1.82. The summed E-state index contributed by atoms with van der Waals surface area (Å²) in [4.78, 5) is 11.2. The molecule has 0 bridgehead atoms. The summed E-state index contributed by atoms with van der Waals surface area (Å²) in [5, 5.41) is 4.26. The fourth-order valence-corrected chi connectivity index (χ4v) is 2.56. The maximum Gasteiger partial charge on any atom is 0.133 e. The third kappa shape index (κ3) is 1.58. The fraction of sp³-hybridized carbons (Fsp3) is 0.500. The zero-order chi connectivity index (χ0) is 8.39. The van der Waals surface area contributed by atoms with E-state index in [1.807, 2.05) is 0 Å². The smallest absolute Gasteiger partial charge is 0.133 e. The SMILES string of the molecule is O=C1CCC[C@@H](c2ccsc2)C1. The topological polar surface area (TPSA) is 17.1 Å². The maximum atomic E-state index is 11.2. The van der Waals surface area contributed by atoms with Crippen LogP contribution in [0.25, 0.3) is 0 Å². The van der Waals surface area contributed by atoms with E-state index < -0.39 is 0 Å². The molecule has 2 heteroatoms. The van der Waals surface area contributed by atoms with Crippen LogP contribution >= 0.6 is 11.3 Å². The Bertz CT molecular complexity index is 263. The van der Waals surface area contributed by atoms with E-state index in [9.17, 15) is 4.79 Å². The molecule has 0 spiro atoms. The van der Waals surface area contributed by atoms with Gasteiger partial charge in [0.05, 0.1) is 0 Å². The number of Topliss-reactive ketones (excluding diaryl/α,β-unsaturated/α-hetero) is 1. The van der Waals surface area contributed by atoms with Gasteiger partial charge < -0.3 is 0 Å². The van der Waals surface area contributed by atoms with Gasteiger partial charge in [-0.3, -0.25) is 4.79 Å².